The van der Waals surface area contributed by atoms with Crippen molar-refractivity contribution in [3.8, 4) is 5.88 Å². The number of nitrogens with one attached hydrogen (secondary N) is 1. The third-order valence-electron chi connectivity index (χ3n) is 5.53. The molecular weight excluding hydrogens is 385 g/mol. The van der Waals surface area contributed by atoms with Crippen molar-refractivity contribution in [1.29, 1.82) is 0 Å². The maximum absolute atomic E-state index is 14.5. The molecule has 1 aliphatic heterocycles. The van der Waals surface area contributed by atoms with E-state index in [-0.39, 0.29) is 12.4 Å². The minimum Gasteiger partial charge on any atom is -0.474 e. The van der Waals surface area contributed by atoms with Gasteiger partial charge in [-0.1, -0.05) is 0 Å². The molecule has 2 aromatic rings. The van der Waals surface area contributed by atoms with Crippen LogP contribution >= 0.6 is 0 Å². The number of carbonyl (C=O) groups excluding carboxylic acids is 1. The van der Waals surface area contributed by atoms with Gasteiger partial charge in [-0.15, -0.1) is 0 Å². The molecule has 148 valence electrons. The van der Waals surface area contributed by atoms with Gasteiger partial charge in [0.15, 0.2) is 0 Å². The van der Waals surface area contributed by atoms with Crippen LogP contribution in [0.4, 0.5) is 14.9 Å². The Morgan fingerprint density at radius 1 is 1.32 bits per heavy atom. The van der Waals surface area contributed by atoms with E-state index in [2.05, 4.69) is 14.8 Å². The van der Waals surface area contributed by atoms with Crippen molar-refractivity contribution in [3.63, 3.8) is 0 Å². The number of benzene rings is 1. The third kappa shape index (κ3) is 2.75. The Morgan fingerprint density at radius 3 is 2.82 bits per heavy atom. The first-order valence-electron chi connectivity index (χ1n) is 9.26. The molecule has 1 aromatic carbocycles. The SMILES string of the molecule is NS(=NC(=O)Nc1c2c(c(F)c3c1CC3)CCC2)c1cnn2c1OCC(O)C2. The highest BCUT2D eigenvalue weighted by Crippen LogP contribution is 2.42. The van der Waals surface area contributed by atoms with Crippen LogP contribution in [0.25, 0.3) is 0 Å². The quantitative estimate of drug-likeness (QED) is 0.703. The molecule has 2 heterocycles. The molecule has 3 aliphatic rings. The summed E-state index contributed by atoms with van der Waals surface area (Å²) in [6.07, 6.45) is 4.71. The number of carbonyl (C=O) groups is 1. The van der Waals surface area contributed by atoms with E-state index >= 15 is 0 Å². The standard InChI is InChI=1S/C18H20FN5O3S/c19-15-10-2-1-3-12(10)16(13-5-4-11(13)15)22-18(26)23-28(20)14-6-21-24-7-9(25)8-27-17(14)24/h6,9,25H,1-5,7-8H2,(H3,20,22,23,26). The summed E-state index contributed by atoms with van der Waals surface area (Å²) >= 11 is 0. The smallest absolute Gasteiger partial charge is 0.352 e. The molecule has 0 fully saturated rings. The summed E-state index contributed by atoms with van der Waals surface area (Å²) in [7, 11) is -1.25. The van der Waals surface area contributed by atoms with Crippen LogP contribution in [0, 0.1) is 5.82 Å². The zero-order valence-corrected chi connectivity index (χ0v) is 15.9. The molecule has 0 bridgehead atoms. The number of rotatable bonds is 2. The van der Waals surface area contributed by atoms with Crippen molar-refractivity contribution in [2.75, 3.05) is 11.9 Å². The van der Waals surface area contributed by atoms with Gasteiger partial charge in [0.25, 0.3) is 0 Å². The first kappa shape index (κ1) is 17.8. The Balaban J connectivity index is 1.42. The molecule has 0 saturated heterocycles. The van der Waals surface area contributed by atoms with Gasteiger partial charge in [-0.25, -0.2) is 13.9 Å². The van der Waals surface area contributed by atoms with E-state index in [1.54, 1.807) is 0 Å². The fraction of sp³-hybridized carbons (Fsp3) is 0.444. The van der Waals surface area contributed by atoms with E-state index in [0.717, 1.165) is 47.2 Å². The average Bonchev–Trinajstić information content (AvgIpc) is 3.25. The van der Waals surface area contributed by atoms with Gasteiger partial charge in [0.2, 0.25) is 5.88 Å². The number of hydrogen-bond donors (Lipinski definition) is 3. The first-order valence-corrected chi connectivity index (χ1v) is 10.5. The van der Waals surface area contributed by atoms with E-state index in [1.807, 2.05) is 0 Å². The zero-order valence-electron chi connectivity index (χ0n) is 15.1. The van der Waals surface area contributed by atoms with Gasteiger partial charge in [-0.2, -0.15) is 9.46 Å². The number of fused-ring (bicyclic) bond motifs is 3. The lowest BCUT2D eigenvalue weighted by molar-refractivity contribution is 0.0539. The summed E-state index contributed by atoms with van der Waals surface area (Å²) < 4.78 is 25.6. The fourth-order valence-electron chi connectivity index (χ4n) is 4.14. The van der Waals surface area contributed by atoms with Crippen LogP contribution in [0.5, 0.6) is 5.88 Å². The van der Waals surface area contributed by atoms with Gasteiger partial charge in [0.1, 0.15) is 23.4 Å². The summed E-state index contributed by atoms with van der Waals surface area (Å²) in [5.74, 6) is 0.340. The Bertz CT molecular complexity index is 1030. The van der Waals surface area contributed by atoms with Gasteiger partial charge < -0.3 is 15.2 Å². The number of nitrogens with two attached hydrogens (primary N) is 1. The van der Waals surface area contributed by atoms with Gasteiger partial charge in [0.05, 0.1) is 12.7 Å². The average molecular weight is 405 g/mol. The fourth-order valence-corrected chi connectivity index (χ4v) is 4.96. The van der Waals surface area contributed by atoms with Crippen molar-refractivity contribution < 1.29 is 19.0 Å². The lowest BCUT2D eigenvalue weighted by Crippen LogP contribution is -2.30. The zero-order chi connectivity index (χ0) is 19.4. The van der Waals surface area contributed by atoms with Crippen molar-refractivity contribution in [2.45, 2.75) is 49.6 Å². The molecule has 2 aliphatic carbocycles. The number of aromatic nitrogens is 2. The number of aliphatic hydroxyl groups is 1. The molecule has 8 nitrogen and oxygen atoms in total. The Kier molecular flexibility index (Phi) is 4.22. The molecule has 5 rings (SSSR count). The monoisotopic (exact) mass is 405 g/mol. The number of anilines is 1. The summed E-state index contributed by atoms with van der Waals surface area (Å²) in [6, 6.07) is -0.559. The summed E-state index contributed by atoms with van der Waals surface area (Å²) in [5, 5.41) is 22.7. The van der Waals surface area contributed by atoms with Gasteiger partial charge in [-0.3, -0.25) is 5.14 Å². The van der Waals surface area contributed by atoms with E-state index in [4.69, 9.17) is 9.88 Å². The topological polar surface area (TPSA) is 115 Å². The Labute approximate surface area is 163 Å². The minimum atomic E-state index is -1.25. The number of nitrogens with zero attached hydrogens (tertiary/aromatic N) is 3. The third-order valence-corrected chi connectivity index (χ3v) is 6.63. The van der Waals surface area contributed by atoms with Crippen molar-refractivity contribution in [1.82, 2.24) is 9.78 Å². The highest BCUT2D eigenvalue weighted by molar-refractivity contribution is 7.85. The number of halogens is 1. The van der Waals surface area contributed by atoms with Crippen LogP contribution in [-0.4, -0.2) is 33.6 Å². The molecule has 0 radical (unpaired) electrons. The van der Waals surface area contributed by atoms with E-state index in [0.29, 0.717) is 30.2 Å². The highest BCUT2D eigenvalue weighted by Gasteiger charge is 2.31. The molecule has 0 spiro atoms. The largest absolute Gasteiger partial charge is 0.474 e. The molecule has 1 aromatic heterocycles. The highest BCUT2D eigenvalue weighted by atomic mass is 32.2. The lowest BCUT2D eigenvalue weighted by atomic mass is 9.83. The van der Waals surface area contributed by atoms with Crippen LogP contribution in [0.3, 0.4) is 0 Å². The molecule has 2 atom stereocenters. The molecular formula is C18H20FN5O3S. The van der Waals surface area contributed by atoms with E-state index in [1.165, 1.54) is 10.9 Å². The lowest BCUT2D eigenvalue weighted by Gasteiger charge is -2.26. The summed E-state index contributed by atoms with van der Waals surface area (Å²) in [6.45, 7) is 0.461. The second-order valence-corrected chi connectivity index (χ2v) is 8.51. The number of aliphatic hydroxyl groups excluding tert-OH is 1. The maximum Gasteiger partial charge on any atom is 0.352 e. The van der Waals surface area contributed by atoms with Crippen molar-refractivity contribution in [3.05, 3.63) is 34.3 Å². The second-order valence-electron chi connectivity index (χ2n) is 7.25. The molecule has 4 N–H and O–H groups in total. The van der Waals surface area contributed by atoms with E-state index in [9.17, 15) is 14.3 Å². The number of hydrogen-bond acceptors (Lipinski definition) is 4. The van der Waals surface area contributed by atoms with Crippen LogP contribution < -0.4 is 15.2 Å². The second kappa shape index (κ2) is 6.64. The van der Waals surface area contributed by atoms with Crippen LogP contribution in [0.1, 0.15) is 28.7 Å². The van der Waals surface area contributed by atoms with Gasteiger partial charge in [0, 0.05) is 16.6 Å². The van der Waals surface area contributed by atoms with E-state index < -0.39 is 23.0 Å². The molecule has 28 heavy (non-hydrogen) atoms. The number of urea groups is 1. The minimum absolute atomic E-state index is 0.0897. The van der Waals surface area contributed by atoms with Crippen LogP contribution in [-0.2, 0) is 43.1 Å². The van der Waals surface area contributed by atoms with Crippen molar-refractivity contribution >= 4 is 22.6 Å². The Hall–Kier alpha value is -2.30. The first-order chi connectivity index (χ1) is 13.5. The molecule has 2 unspecified atom stereocenters. The predicted octanol–water partition coefficient (Wildman–Crippen LogP) is 1.63. The van der Waals surface area contributed by atoms with Crippen LogP contribution in [0.15, 0.2) is 15.5 Å². The number of ether oxygens (including phenoxy) is 1. The van der Waals surface area contributed by atoms with Gasteiger partial charge in [-0.05, 0) is 54.4 Å². The Morgan fingerprint density at radius 2 is 2.04 bits per heavy atom. The molecule has 0 saturated carbocycles. The molecule has 2 amide bonds. The summed E-state index contributed by atoms with van der Waals surface area (Å²) in [4.78, 5) is 13.1. The number of amides is 2. The predicted molar refractivity (Wildman–Crippen MR) is 101 cm³/mol. The summed E-state index contributed by atoms with van der Waals surface area (Å²) in [5.41, 5.74) is 3.96. The van der Waals surface area contributed by atoms with Crippen molar-refractivity contribution in [2.24, 2.45) is 9.50 Å². The van der Waals surface area contributed by atoms with Crippen LogP contribution in [0.2, 0.25) is 0 Å². The normalized spacial score (nSPS) is 20.6. The maximum atomic E-state index is 14.5. The van der Waals surface area contributed by atoms with Gasteiger partial charge >= 0.3 is 6.03 Å². The molecule has 10 heteroatoms.